The zero-order valence-electron chi connectivity index (χ0n) is 11.9. The molecule has 0 radical (unpaired) electrons. The van der Waals surface area contributed by atoms with Gasteiger partial charge in [-0.3, -0.25) is 4.79 Å². The number of carboxylic acids is 1. The molecule has 0 aromatic heterocycles. The van der Waals surface area contributed by atoms with Gasteiger partial charge in [0.2, 0.25) is 5.91 Å². The van der Waals surface area contributed by atoms with Gasteiger partial charge in [-0.2, -0.15) is 0 Å². The van der Waals surface area contributed by atoms with Gasteiger partial charge in [-0.1, -0.05) is 0 Å². The molecule has 0 saturated carbocycles. The summed E-state index contributed by atoms with van der Waals surface area (Å²) in [4.78, 5) is 22.1. The number of aliphatic carboxylic acids is 1. The lowest BCUT2D eigenvalue weighted by Crippen LogP contribution is -2.67. The van der Waals surface area contributed by atoms with Gasteiger partial charge in [0.1, 0.15) is 18.3 Å². The van der Waals surface area contributed by atoms with Crippen LogP contribution >= 0.6 is 0 Å². The smallest absolute Gasteiger partial charge is 0.364 e. The maximum atomic E-state index is 11.1. The minimum atomic E-state index is -2.78. The summed E-state index contributed by atoms with van der Waals surface area (Å²) in [5, 5.41) is 59.0. The molecule has 11 nitrogen and oxygen atoms in total. The summed E-state index contributed by atoms with van der Waals surface area (Å²) < 4.78 is 4.86. The first-order valence-corrected chi connectivity index (χ1v) is 6.18. The highest BCUT2D eigenvalue weighted by Crippen LogP contribution is 2.30. The number of rotatable bonds is 5. The van der Waals surface area contributed by atoms with Crippen molar-refractivity contribution in [3.05, 3.63) is 0 Å². The first-order valence-electron chi connectivity index (χ1n) is 6.18. The van der Waals surface area contributed by atoms with Crippen LogP contribution in [0.3, 0.4) is 0 Å². The fraction of sp³-hybridized carbons (Fsp3) is 0.818. The highest BCUT2D eigenvalue weighted by atomic mass is 16.7. The number of aliphatic hydroxyl groups is 5. The predicted octanol–water partition coefficient (Wildman–Crippen LogP) is -3.71. The summed E-state index contributed by atoms with van der Waals surface area (Å²) in [5.41, 5.74) is 0. The molecule has 0 bridgehead atoms. The van der Waals surface area contributed by atoms with E-state index in [1.54, 1.807) is 0 Å². The van der Waals surface area contributed by atoms with Crippen LogP contribution in [0.25, 0.3) is 0 Å². The molecule has 0 unspecified atom stereocenters. The molecule has 11 heteroatoms. The lowest BCUT2D eigenvalue weighted by Gasteiger charge is -2.44. The van der Waals surface area contributed by atoms with E-state index < -0.39 is 61.1 Å². The van der Waals surface area contributed by atoms with Gasteiger partial charge in [-0.05, 0) is 0 Å². The number of ether oxygens (including phenoxy) is 1. The Morgan fingerprint density at radius 1 is 1.41 bits per heavy atom. The van der Waals surface area contributed by atoms with E-state index in [0.29, 0.717) is 0 Å². The topological polar surface area (TPSA) is 212 Å². The molecule has 1 heterocycles. The van der Waals surface area contributed by atoms with Crippen LogP contribution in [0.15, 0.2) is 0 Å². The monoisotopic (exact) mass is 326 g/mol. The second-order valence-electron chi connectivity index (χ2n) is 4.91. The molecule has 10 N–H and O–H groups in total. The van der Waals surface area contributed by atoms with Crippen LogP contribution in [0.5, 0.6) is 0 Å². The Morgan fingerprint density at radius 2 is 1.95 bits per heavy atom. The predicted molar refractivity (Wildman–Crippen MR) is 69.8 cm³/mol. The molecule has 1 saturated heterocycles. The molecule has 0 spiro atoms. The summed E-state index contributed by atoms with van der Waals surface area (Å²) >= 11 is 0. The number of hydrogen-bond donors (Lipinski definition) is 8. The molecule has 0 aromatic rings. The van der Waals surface area contributed by atoms with Crippen molar-refractivity contribution < 1.29 is 45.0 Å². The van der Waals surface area contributed by atoms with Crippen LogP contribution in [0.4, 0.5) is 0 Å². The van der Waals surface area contributed by atoms with Crippen LogP contribution in [-0.2, 0) is 14.3 Å². The third-order valence-electron chi connectivity index (χ3n) is 3.21. The fourth-order valence-corrected chi connectivity index (χ4v) is 2.14. The van der Waals surface area contributed by atoms with Gasteiger partial charge in [-0.25, -0.2) is 4.79 Å². The lowest BCUT2D eigenvalue weighted by molar-refractivity contribution is -0.295. The summed E-state index contributed by atoms with van der Waals surface area (Å²) in [6.07, 6.45) is -7.48. The third kappa shape index (κ3) is 4.33. The normalized spacial score (nSPS) is 34.2. The molecular formula is C11H22N2O9. The quantitative estimate of drug-likeness (QED) is 0.247. The SMILES string of the molecule is CC(=O)N[C@H]1[C@H]([C@H](O)[C@H](O)CO)O[C@](O)(C(=O)O)C[C@@H]1O.N. The largest absolute Gasteiger partial charge is 0.477 e. The number of amides is 1. The number of aliphatic hydroxyl groups excluding tert-OH is 4. The van der Waals surface area contributed by atoms with Crippen LogP contribution in [-0.4, -0.2) is 85.4 Å². The number of carboxylic acid groups (broad SMARTS) is 1. The van der Waals surface area contributed by atoms with Crippen molar-refractivity contribution in [1.82, 2.24) is 11.5 Å². The van der Waals surface area contributed by atoms with E-state index in [4.69, 9.17) is 14.9 Å². The standard InChI is InChI=1S/C11H19NO9.H3N/c1-4(14)12-7-5(15)2-11(20,10(18)19)21-9(7)8(17)6(16)3-13;/h5-9,13,15-17,20H,2-3H2,1H3,(H,12,14)(H,18,19);1H3/t5-,6+,7+,8+,9+,11-;/m0./s1. The van der Waals surface area contributed by atoms with Gasteiger partial charge in [0.25, 0.3) is 5.79 Å². The number of carbonyl (C=O) groups excluding carboxylic acids is 1. The third-order valence-corrected chi connectivity index (χ3v) is 3.21. The van der Waals surface area contributed by atoms with Gasteiger partial charge in [0.05, 0.1) is 18.8 Å². The summed E-state index contributed by atoms with van der Waals surface area (Å²) in [6, 6.07) is -1.27. The maximum Gasteiger partial charge on any atom is 0.364 e. The number of nitrogens with one attached hydrogen (secondary N) is 1. The number of carbonyl (C=O) groups is 2. The maximum absolute atomic E-state index is 11.1. The Kier molecular flexibility index (Phi) is 7.31. The second-order valence-corrected chi connectivity index (χ2v) is 4.91. The molecule has 1 aliphatic heterocycles. The van der Waals surface area contributed by atoms with Crippen molar-refractivity contribution in [2.75, 3.05) is 6.61 Å². The zero-order valence-corrected chi connectivity index (χ0v) is 11.9. The Hall–Kier alpha value is -1.34. The van der Waals surface area contributed by atoms with Crippen LogP contribution in [0.2, 0.25) is 0 Å². The van der Waals surface area contributed by atoms with Crippen molar-refractivity contribution in [2.45, 2.75) is 49.6 Å². The number of hydrogen-bond acceptors (Lipinski definition) is 9. The van der Waals surface area contributed by atoms with Gasteiger partial charge in [-0.15, -0.1) is 0 Å². The van der Waals surface area contributed by atoms with Crippen molar-refractivity contribution in [3.63, 3.8) is 0 Å². The van der Waals surface area contributed by atoms with E-state index in [1.165, 1.54) is 0 Å². The average Bonchev–Trinajstić information content (AvgIpc) is 2.39. The molecule has 1 aliphatic rings. The highest BCUT2D eigenvalue weighted by molar-refractivity contribution is 5.76. The summed E-state index contributed by atoms with van der Waals surface area (Å²) in [6.45, 7) is 0.256. The first-order chi connectivity index (χ1) is 9.62. The molecule has 1 rings (SSSR count). The van der Waals surface area contributed by atoms with E-state index in [9.17, 15) is 30.0 Å². The molecule has 1 fully saturated rings. The van der Waals surface area contributed by atoms with E-state index >= 15 is 0 Å². The average molecular weight is 326 g/mol. The Balaban J connectivity index is 0.00000441. The molecule has 130 valence electrons. The molecule has 1 amide bonds. The van der Waals surface area contributed by atoms with Gasteiger partial charge in [0.15, 0.2) is 0 Å². The van der Waals surface area contributed by atoms with E-state index in [2.05, 4.69) is 5.32 Å². The molecular weight excluding hydrogens is 304 g/mol. The first kappa shape index (κ1) is 20.7. The van der Waals surface area contributed by atoms with Gasteiger partial charge < -0.3 is 46.8 Å². The summed E-state index contributed by atoms with van der Waals surface area (Å²) in [7, 11) is 0. The Morgan fingerprint density at radius 3 is 2.36 bits per heavy atom. The van der Waals surface area contributed by atoms with Gasteiger partial charge in [0, 0.05) is 13.3 Å². The van der Waals surface area contributed by atoms with E-state index in [1.807, 2.05) is 0 Å². The minimum Gasteiger partial charge on any atom is -0.477 e. The van der Waals surface area contributed by atoms with Crippen LogP contribution < -0.4 is 11.5 Å². The van der Waals surface area contributed by atoms with Crippen molar-refractivity contribution in [3.8, 4) is 0 Å². The van der Waals surface area contributed by atoms with Crippen LogP contribution in [0, 0.1) is 0 Å². The lowest BCUT2D eigenvalue weighted by atomic mass is 9.88. The van der Waals surface area contributed by atoms with E-state index in [-0.39, 0.29) is 6.15 Å². The minimum absolute atomic E-state index is 0. The Bertz CT molecular complexity index is 407. The highest BCUT2D eigenvalue weighted by Gasteiger charge is 2.53. The summed E-state index contributed by atoms with van der Waals surface area (Å²) in [5.74, 6) is -5.17. The molecule has 6 atom stereocenters. The second kappa shape index (κ2) is 7.78. The van der Waals surface area contributed by atoms with Crippen molar-refractivity contribution in [1.29, 1.82) is 0 Å². The zero-order chi connectivity index (χ0) is 16.4. The Labute approximate surface area is 125 Å². The molecule has 0 aromatic carbocycles. The van der Waals surface area contributed by atoms with Crippen molar-refractivity contribution >= 4 is 11.9 Å². The van der Waals surface area contributed by atoms with E-state index in [0.717, 1.165) is 6.92 Å². The van der Waals surface area contributed by atoms with Crippen LogP contribution in [0.1, 0.15) is 13.3 Å². The van der Waals surface area contributed by atoms with Gasteiger partial charge >= 0.3 is 5.97 Å². The van der Waals surface area contributed by atoms with Crippen molar-refractivity contribution in [2.24, 2.45) is 0 Å². The fourth-order valence-electron chi connectivity index (χ4n) is 2.14. The molecule has 0 aliphatic carbocycles. The molecule has 22 heavy (non-hydrogen) atoms.